The number of benzene rings is 1. The molecule has 1 aromatic carbocycles. The van der Waals surface area contributed by atoms with E-state index >= 15 is 0 Å². The van der Waals surface area contributed by atoms with E-state index in [-0.39, 0.29) is 24.5 Å². The number of para-hydroxylation sites is 1. The highest BCUT2D eigenvalue weighted by Crippen LogP contribution is 2.12. The summed E-state index contributed by atoms with van der Waals surface area (Å²) in [6.07, 6.45) is -0.194. The molecule has 1 N–H and O–H groups in total. The molecule has 132 valence electrons. The lowest BCUT2D eigenvalue weighted by atomic mass is 10.1. The molecule has 2 amide bonds. The van der Waals surface area contributed by atoms with Gasteiger partial charge in [0.1, 0.15) is 12.3 Å². The second-order valence-corrected chi connectivity index (χ2v) is 6.72. The van der Waals surface area contributed by atoms with Gasteiger partial charge in [-0.3, -0.25) is 9.59 Å². The first-order valence-electron chi connectivity index (χ1n) is 8.56. The van der Waals surface area contributed by atoms with Crippen molar-refractivity contribution in [1.29, 1.82) is 0 Å². The summed E-state index contributed by atoms with van der Waals surface area (Å²) in [4.78, 5) is 30.4. The van der Waals surface area contributed by atoms with Gasteiger partial charge in [0.15, 0.2) is 0 Å². The van der Waals surface area contributed by atoms with Crippen molar-refractivity contribution < 1.29 is 14.3 Å². The predicted molar refractivity (Wildman–Crippen MR) is 95.2 cm³/mol. The fraction of sp³-hybridized carbons (Fsp3) is 0.421. The van der Waals surface area contributed by atoms with Crippen LogP contribution >= 0.6 is 0 Å². The van der Waals surface area contributed by atoms with Crippen molar-refractivity contribution in [2.75, 3.05) is 26.2 Å². The molecule has 6 heteroatoms. The van der Waals surface area contributed by atoms with Crippen LogP contribution in [0.1, 0.15) is 24.3 Å². The topological polar surface area (TPSA) is 71.5 Å². The van der Waals surface area contributed by atoms with E-state index < -0.39 is 0 Å². The van der Waals surface area contributed by atoms with Crippen molar-refractivity contribution in [2.24, 2.45) is 5.92 Å². The fourth-order valence-corrected chi connectivity index (χ4v) is 2.91. The second-order valence-electron chi connectivity index (χ2n) is 6.72. The number of nitrogens with one attached hydrogen (secondary N) is 1. The average molecular weight is 341 g/mol. The third-order valence-corrected chi connectivity index (χ3v) is 4.13. The van der Waals surface area contributed by atoms with E-state index in [4.69, 9.17) is 4.74 Å². The molecular formula is C19H23N3O3. The van der Waals surface area contributed by atoms with Crippen LogP contribution in [0.5, 0.6) is 0 Å². The van der Waals surface area contributed by atoms with Gasteiger partial charge in [-0.05, 0) is 18.1 Å². The zero-order chi connectivity index (χ0) is 17.8. The van der Waals surface area contributed by atoms with E-state index in [9.17, 15) is 9.59 Å². The zero-order valence-corrected chi connectivity index (χ0v) is 14.6. The minimum Gasteiger partial charge on any atom is -0.365 e. The minimum atomic E-state index is -0.235. The molecule has 1 aromatic heterocycles. The van der Waals surface area contributed by atoms with Gasteiger partial charge in [-0.25, -0.2) is 4.98 Å². The van der Waals surface area contributed by atoms with E-state index in [2.05, 4.69) is 24.1 Å². The molecule has 1 aliphatic rings. The molecule has 25 heavy (non-hydrogen) atoms. The Bertz CT molecular complexity index is 775. The molecule has 1 atom stereocenters. The molecule has 2 heterocycles. The van der Waals surface area contributed by atoms with E-state index in [0.29, 0.717) is 31.2 Å². The summed E-state index contributed by atoms with van der Waals surface area (Å²) in [7, 11) is 0. The summed E-state index contributed by atoms with van der Waals surface area (Å²) in [5.41, 5.74) is 1.17. The van der Waals surface area contributed by atoms with Gasteiger partial charge in [-0.2, -0.15) is 0 Å². The van der Waals surface area contributed by atoms with Gasteiger partial charge in [-0.15, -0.1) is 0 Å². The maximum Gasteiger partial charge on any atom is 0.269 e. The summed E-state index contributed by atoms with van der Waals surface area (Å²) < 4.78 is 5.53. The van der Waals surface area contributed by atoms with Crippen molar-refractivity contribution >= 4 is 22.7 Å². The smallest absolute Gasteiger partial charge is 0.269 e. The van der Waals surface area contributed by atoms with E-state index in [1.807, 2.05) is 30.3 Å². The lowest BCUT2D eigenvalue weighted by molar-refractivity contribution is -0.149. The summed E-state index contributed by atoms with van der Waals surface area (Å²) in [5.74, 6) is 0.174. The highest BCUT2D eigenvalue weighted by atomic mass is 16.5. The maximum atomic E-state index is 12.3. The van der Waals surface area contributed by atoms with Gasteiger partial charge in [0.25, 0.3) is 5.91 Å². The Hall–Kier alpha value is -2.47. The molecule has 1 unspecified atom stereocenters. The Kier molecular flexibility index (Phi) is 5.28. The number of nitrogens with zero attached hydrogens (tertiary/aromatic N) is 2. The van der Waals surface area contributed by atoms with Crippen LogP contribution in [-0.2, 0) is 9.53 Å². The molecule has 3 rings (SSSR count). The maximum absolute atomic E-state index is 12.3. The van der Waals surface area contributed by atoms with Gasteiger partial charge < -0.3 is 15.0 Å². The number of morpholine rings is 1. The molecule has 0 aliphatic carbocycles. The molecule has 1 aliphatic heterocycles. The molecule has 2 aromatic rings. The van der Waals surface area contributed by atoms with Crippen LogP contribution < -0.4 is 5.32 Å². The summed E-state index contributed by atoms with van der Waals surface area (Å²) >= 11 is 0. The number of hydrogen-bond acceptors (Lipinski definition) is 4. The van der Waals surface area contributed by atoms with Gasteiger partial charge in [0, 0.05) is 25.0 Å². The molecule has 0 radical (unpaired) electrons. The first-order valence-corrected chi connectivity index (χ1v) is 8.56. The third-order valence-electron chi connectivity index (χ3n) is 4.13. The number of carbonyl (C=O) groups excluding carboxylic acids is 2. The number of pyridine rings is 1. The summed E-state index contributed by atoms with van der Waals surface area (Å²) in [6, 6.07) is 11.3. The fourth-order valence-electron chi connectivity index (χ4n) is 2.91. The van der Waals surface area contributed by atoms with Crippen LogP contribution in [0.2, 0.25) is 0 Å². The molecule has 6 nitrogen and oxygen atoms in total. The molecule has 1 saturated heterocycles. The van der Waals surface area contributed by atoms with E-state index in [1.165, 1.54) is 0 Å². The highest BCUT2D eigenvalue weighted by Gasteiger charge is 2.27. The molecule has 0 saturated carbocycles. The average Bonchev–Trinajstić information content (AvgIpc) is 2.61. The Balaban J connectivity index is 1.58. The van der Waals surface area contributed by atoms with E-state index in [0.717, 1.165) is 10.9 Å². The molecule has 0 spiro atoms. The highest BCUT2D eigenvalue weighted by molar-refractivity contribution is 5.94. The molecular weight excluding hydrogens is 318 g/mol. The largest absolute Gasteiger partial charge is 0.365 e. The van der Waals surface area contributed by atoms with Gasteiger partial charge in [0.2, 0.25) is 5.91 Å². The first kappa shape index (κ1) is 17.4. The SMILES string of the molecule is CC(C)CN1CC(CNC(=O)c2ccc3ccccc3n2)OCC1=O. The normalized spacial score (nSPS) is 18.0. The Morgan fingerprint density at radius 2 is 2.12 bits per heavy atom. The minimum absolute atomic E-state index is 0.00692. The van der Waals surface area contributed by atoms with E-state index in [1.54, 1.807) is 11.0 Å². The number of amides is 2. The van der Waals surface area contributed by atoms with Crippen molar-refractivity contribution in [1.82, 2.24) is 15.2 Å². The van der Waals surface area contributed by atoms with Crippen molar-refractivity contribution in [3.05, 3.63) is 42.1 Å². The second kappa shape index (κ2) is 7.61. The monoisotopic (exact) mass is 341 g/mol. The van der Waals surface area contributed by atoms with Crippen molar-refractivity contribution in [3.8, 4) is 0 Å². The lowest BCUT2D eigenvalue weighted by Crippen LogP contribution is -2.51. The number of rotatable bonds is 5. The first-order chi connectivity index (χ1) is 12.0. The zero-order valence-electron chi connectivity index (χ0n) is 14.6. The van der Waals surface area contributed by atoms with Crippen molar-refractivity contribution in [2.45, 2.75) is 20.0 Å². The quantitative estimate of drug-likeness (QED) is 0.901. The lowest BCUT2D eigenvalue weighted by Gasteiger charge is -2.33. The summed E-state index contributed by atoms with van der Waals surface area (Å²) in [5, 5.41) is 3.86. The Labute approximate surface area is 147 Å². The van der Waals surface area contributed by atoms with Crippen LogP contribution in [0.25, 0.3) is 10.9 Å². The van der Waals surface area contributed by atoms with Crippen LogP contribution in [0.3, 0.4) is 0 Å². The van der Waals surface area contributed by atoms with Crippen molar-refractivity contribution in [3.63, 3.8) is 0 Å². The number of fused-ring (bicyclic) bond motifs is 1. The summed E-state index contributed by atoms with van der Waals surface area (Å²) in [6.45, 7) is 5.79. The molecule has 0 bridgehead atoms. The predicted octanol–water partition coefficient (Wildman–Crippen LogP) is 1.85. The van der Waals surface area contributed by atoms with Crippen LogP contribution in [0.15, 0.2) is 36.4 Å². The Morgan fingerprint density at radius 1 is 1.32 bits per heavy atom. The molecule has 1 fully saturated rings. The van der Waals surface area contributed by atoms with Crippen LogP contribution in [0, 0.1) is 5.92 Å². The van der Waals surface area contributed by atoms with Crippen LogP contribution in [-0.4, -0.2) is 54.0 Å². The standard InChI is InChI=1S/C19H23N3O3/c1-13(2)10-22-11-15(25-12-18(22)23)9-20-19(24)17-8-7-14-5-3-4-6-16(14)21-17/h3-8,13,15H,9-12H2,1-2H3,(H,20,24). The number of carbonyl (C=O) groups is 2. The number of ether oxygens (including phenoxy) is 1. The van der Waals surface area contributed by atoms with Gasteiger partial charge in [0.05, 0.1) is 11.6 Å². The Morgan fingerprint density at radius 3 is 2.92 bits per heavy atom. The van der Waals surface area contributed by atoms with Crippen LogP contribution in [0.4, 0.5) is 0 Å². The van der Waals surface area contributed by atoms with Gasteiger partial charge in [-0.1, -0.05) is 38.1 Å². The van der Waals surface area contributed by atoms with Gasteiger partial charge >= 0.3 is 0 Å². The number of aromatic nitrogens is 1. The number of hydrogen-bond donors (Lipinski definition) is 1. The third kappa shape index (κ3) is 4.33.